The number of thiophene rings is 2. The molecule has 0 unspecified atom stereocenters. The molecule has 1 aliphatic carbocycles. The van der Waals surface area contributed by atoms with E-state index in [4.69, 9.17) is 0 Å². The molecule has 0 radical (unpaired) electrons. The Morgan fingerprint density at radius 3 is 3.00 bits per heavy atom. The summed E-state index contributed by atoms with van der Waals surface area (Å²) in [5, 5.41) is 3.46. The fourth-order valence-corrected chi connectivity index (χ4v) is 5.24. The number of hydrogen-bond donors (Lipinski definition) is 0. The van der Waals surface area contributed by atoms with Gasteiger partial charge in [-0.3, -0.25) is 0 Å². The van der Waals surface area contributed by atoms with Gasteiger partial charge in [0, 0.05) is 16.8 Å². The molecule has 0 amide bonds. The summed E-state index contributed by atoms with van der Waals surface area (Å²) >= 11 is 3.68. The molecule has 0 atom stereocenters. The highest BCUT2D eigenvalue weighted by Gasteiger charge is 2.22. The summed E-state index contributed by atoms with van der Waals surface area (Å²) < 4.78 is 0. The quantitative estimate of drug-likeness (QED) is 0.726. The molecule has 0 aliphatic heterocycles. The first-order chi connectivity index (χ1) is 10.2. The van der Waals surface area contributed by atoms with E-state index in [1.165, 1.54) is 45.5 Å². The summed E-state index contributed by atoms with van der Waals surface area (Å²) in [7, 11) is 2.14. The summed E-state index contributed by atoms with van der Waals surface area (Å²) in [6, 6.07) is 2.19. The highest BCUT2D eigenvalue weighted by Crippen LogP contribution is 2.40. The number of anilines is 1. The van der Waals surface area contributed by atoms with Gasteiger partial charge in [-0.2, -0.15) is 0 Å². The molecule has 0 spiro atoms. The van der Waals surface area contributed by atoms with Crippen molar-refractivity contribution in [3.05, 3.63) is 38.7 Å². The van der Waals surface area contributed by atoms with Crippen molar-refractivity contribution in [2.45, 2.75) is 32.7 Å². The van der Waals surface area contributed by atoms with Crippen molar-refractivity contribution in [3.8, 4) is 0 Å². The van der Waals surface area contributed by atoms with Crippen molar-refractivity contribution in [3.63, 3.8) is 0 Å². The Balaban J connectivity index is 1.77. The third-order valence-corrected chi connectivity index (χ3v) is 6.40. The molecule has 0 aromatic carbocycles. The third kappa shape index (κ3) is 2.15. The van der Waals surface area contributed by atoms with Crippen LogP contribution >= 0.6 is 22.7 Å². The minimum atomic E-state index is 0.917. The SMILES string of the molecule is Cc1ccsc1CN(C)c1ncnc2sc3c(c12)CCC3. The van der Waals surface area contributed by atoms with Crippen LogP contribution in [-0.4, -0.2) is 17.0 Å². The van der Waals surface area contributed by atoms with Crippen LogP contribution in [0.5, 0.6) is 0 Å². The summed E-state index contributed by atoms with van der Waals surface area (Å²) in [4.78, 5) is 15.4. The smallest absolute Gasteiger partial charge is 0.141 e. The Hall–Kier alpha value is -1.46. The van der Waals surface area contributed by atoms with E-state index in [0.717, 1.165) is 17.2 Å². The zero-order chi connectivity index (χ0) is 14.4. The average molecular weight is 315 g/mol. The molecule has 0 bridgehead atoms. The van der Waals surface area contributed by atoms with Gasteiger partial charge < -0.3 is 4.90 Å². The normalized spacial score (nSPS) is 13.8. The van der Waals surface area contributed by atoms with Gasteiger partial charge in [0.2, 0.25) is 0 Å². The third-order valence-electron chi connectivity index (χ3n) is 4.19. The van der Waals surface area contributed by atoms with E-state index >= 15 is 0 Å². The van der Waals surface area contributed by atoms with Crippen LogP contribution in [0.25, 0.3) is 10.2 Å². The molecule has 3 aromatic heterocycles. The van der Waals surface area contributed by atoms with Crippen LogP contribution in [0.15, 0.2) is 17.8 Å². The summed E-state index contributed by atoms with van der Waals surface area (Å²) in [6.07, 6.45) is 5.38. The molecular formula is C16H17N3S2. The summed E-state index contributed by atoms with van der Waals surface area (Å²) in [5.41, 5.74) is 2.87. The molecule has 1 aliphatic rings. The van der Waals surface area contributed by atoms with E-state index in [0.29, 0.717) is 0 Å². The number of hydrogen-bond acceptors (Lipinski definition) is 5. The molecule has 108 valence electrons. The van der Waals surface area contributed by atoms with Crippen LogP contribution in [0.1, 0.15) is 27.3 Å². The maximum absolute atomic E-state index is 4.59. The predicted molar refractivity (Wildman–Crippen MR) is 90.6 cm³/mol. The molecule has 3 nitrogen and oxygen atoms in total. The van der Waals surface area contributed by atoms with E-state index < -0.39 is 0 Å². The molecular weight excluding hydrogens is 298 g/mol. The Labute approximate surface area is 132 Å². The maximum atomic E-state index is 4.59. The first-order valence-electron chi connectivity index (χ1n) is 7.23. The molecule has 21 heavy (non-hydrogen) atoms. The number of aromatic nitrogens is 2. The Kier molecular flexibility index (Phi) is 3.19. The molecule has 4 rings (SSSR count). The lowest BCUT2D eigenvalue weighted by Crippen LogP contribution is -2.18. The lowest BCUT2D eigenvalue weighted by Gasteiger charge is -2.19. The van der Waals surface area contributed by atoms with Crippen LogP contribution in [-0.2, 0) is 19.4 Å². The first-order valence-corrected chi connectivity index (χ1v) is 8.93. The number of rotatable bonds is 3. The first kappa shape index (κ1) is 13.2. The Morgan fingerprint density at radius 1 is 1.29 bits per heavy atom. The van der Waals surface area contributed by atoms with Gasteiger partial charge in [0.1, 0.15) is 17.0 Å². The minimum absolute atomic E-state index is 0.917. The molecule has 5 heteroatoms. The van der Waals surface area contributed by atoms with Gasteiger partial charge in [-0.15, -0.1) is 22.7 Å². The van der Waals surface area contributed by atoms with Gasteiger partial charge in [-0.05, 0) is 48.8 Å². The zero-order valence-electron chi connectivity index (χ0n) is 12.2. The van der Waals surface area contributed by atoms with E-state index in [-0.39, 0.29) is 0 Å². The van der Waals surface area contributed by atoms with Crippen molar-refractivity contribution in [1.29, 1.82) is 0 Å². The van der Waals surface area contributed by atoms with Gasteiger partial charge >= 0.3 is 0 Å². The predicted octanol–water partition coefficient (Wildman–Crippen LogP) is 4.19. The van der Waals surface area contributed by atoms with Gasteiger partial charge in [0.15, 0.2) is 0 Å². The maximum Gasteiger partial charge on any atom is 0.141 e. The van der Waals surface area contributed by atoms with Gasteiger partial charge in [0.25, 0.3) is 0 Å². The number of fused-ring (bicyclic) bond motifs is 3. The van der Waals surface area contributed by atoms with E-state index in [9.17, 15) is 0 Å². The molecule has 0 saturated carbocycles. The van der Waals surface area contributed by atoms with Crippen molar-refractivity contribution in [2.75, 3.05) is 11.9 Å². The monoisotopic (exact) mass is 315 g/mol. The summed E-state index contributed by atoms with van der Waals surface area (Å²) in [6.45, 7) is 3.10. The largest absolute Gasteiger partial charge is 0.354 e. The highest BCUT2D eigenvalue weighted by atomic mass is 32.1. The lowest BCUT2D eigenvalue weighted by atomic mass is 10.2. The summed E-state index contributed by atoms with van der Waals surface area (Å²) in [5.74, 6) is 1.09. The minimum Gasteiger partial charge on any atom is -0.354 e. The fourth-order valence-electron chi connectivity index (χ4n) is 3.06. The molecule has 3 aromatic rings. The van der Waals surface area contributed by atoms with Gasteiger partial charge in [-0.1, -0.05) is 0 Å². The molecule has 3 heterocycles. The van der Waals surface area contributed by atoms with E-state index in [1.54, 1.807) is 6.33 Å². The molecule has 0 fully saturated rings. The van der Waals surface area contributed by atoms with Crippen LogP contribution in [0, 0.1) is 6.92 Å². The van der Waals surface area contributed by atoms with Crippen molar-refractivity contribution in [2.24, 2.45) is 0 Å². The van der Waals surface area contributed by atoms with E-state index in [2.05, 4.69) is 40.3 Å². The van der Waals surface area contributed by atoms with Gasteiger partial charge in [0.05, 0.1) is 11.9 Å². The van der Waals surface area contributed by atoms with E-state index in [1.807, 2.05) is 22.7 Å². The molecule has 0 N–H and O–H groups in total. The molecule has 0 saturated heterocycles. The van der Waals surface area contributed by atoms with Crippen LogP contribution in [0.2, 0.25) is 0 Å². The standard InChI is InChI=1S/C16H17N3S2/c1-10-6-7-20-13(10)8-19(2)15-14-11-4-3-5-12(11)21-16(14)18-9-17-15/h6-7,9H,3-5,8H2,1-2H3. The van der Waals surface area contributed by atoms with Crippen LogP contribution < -0.4 is 4.90 Å². The Bertz CT molecular complexity index is 803. The zero-order valence-corrected chi connectivity index (χ0v) is 13.9. The fraction of sp³-hybridized carbons (Fsp3) is 0.375. The second-order valence-corrected chi connectivity index (χ2v) is 7.70. The van der Waals surface area contributed by atoms with Crippen LogP contribution in [0.4, 0.5) is 5.82 Å². The second-order valence-electron chi connectivity index (χ2n) is 5.62. The Morgan fingerprint density at radius 2 is 2.19 bits per heavy atom. The number of aryl methyl sites for hydroxylation is 3. The highest BCUT2D eigenvalue weighted by molar-refractivity contribution is 7.19. The average Bonchev–Trinajstić information content (AvgIpc) is 3.14. The second kappa shape index (κ2) is 5.07. The van der Waals surface area contributed by atoms with Gasteiger partial charge in [-0.25, -0.2) is 9.97 Å². The van der Waals surface area contributed by atoms with Crippen molar-refractivity contribution >= 4 is 38.7 Å². The topological polar surface area (TPSA) is 29.0 Å². The number of nitrogens with zero attached hydrogens (tertiary/aromatic N) is 3. The van der Waals surface area contributed by atoms with Crippen molar-refractivity contribution < 1.29 is 0 Å². The van der Waals surface area contributed by atoms with Crippen molar-refractivity contribution in [1.82, 2.24) is 9.97 Å². The van der Waals surface area contributed by atoms with Crippen LogP contribution in [0.3, 0.4) is 0 Å². The lowest BCUT2D eigenvalue weighted by molar-refractivity contribution is 0.902.